The van der Waals surface area contributed by atoms with Gasteiger partial charge < -0.3 is 15.4 Å². The molecule has 2 N–H and O–H groups in total. The Kier molecular flexibility index (Phi) is 6.97. The molecule has 1 atom stereocenters. The average Bonchev–Trinajstić information content (AvgIpc) is 2.99. The fraction of sp³-hybridized carbons (Fsp3) is 0.261. The normalized spacial score (nSPS) is 15.7. The number of aryl methyl sites for hydroxylation is 1. The van der Waals surface area contributed by atoms with E-state index >= 15 is 0 Å². The van der Waals surface area contributed by atoms with Gasteiger partial charge in [0.15, 0.2) is 0 Å². The predicted molar refractivity (Wildman–Crippen MR) is 120 cm³/mol. The topological polar surface area (TPSA) is 87.7 Å². The summed E-state index contributed by atoms with van der Waals surface area (Å²) >= 11 is 6.28. The SMILES string of the molecule is CCC(C)Oc1ccc(/C=C2\NC(=O)N(CC(=O)Nc3ccccc3C)C2=O)cc1Cl. The number of para-hydroxylation sites is 1. The Morgan fingerprint density at radius 3 is 2.68 bits per heavy atom. The molecule has 2 aromatic rings. The van der Waals surface area contributed by atoms with Crippen molar-refractivity contribution in [3.8, 4) is 5.75 Å². The van der Waals surface area contributed by atoms with Crippen molar-refractivity contribution in [2.75, 3.05) is 11.9 Å². The molecule has 1 aliphatic rings. The van der Waals surface area contributed by atoms with Crippen LogP contribution in [0.2, 0.25) is 5.02 Å². The molecule has 1 aliphatic heterocycles. The molecular formula is C23H24ClN3O4. The van der Waals surface area contributed by atoms with E-state index in [4.69, 9.17) is 16.3 Å². The molecule has 7 nitrogen and oxygen atoms in total. The number of rotatable bonds is 7. The van der Waals surface area contributed by atoms with Crippen LogP contribution in [0.15, 0.2) is 48.2 Å². The summed E-state index contributed by atoms with van der Waals surface area (Å²) in [5.41, 5.74) is 2.20. The molecular weight excluding hydrogens is 418 g/mol. The molecule has 0 spiro atoms. The van der Waals surface area contributed by atoms with Gasteiger partial charge in [0.05, 0.1) is 11.1 Å². The smallest absolute Gasteiger partial charge is 0.329 e. The zero-order chi connectivity index (χ0) is 22.5. The van der Waals surface area contributed by atoms with Crippen LogP contribution < -0.4 is 15.4 Å². The van der Waals surface area contributed by atoms with Gasteiger partial charge in [-0.3, -0.25) is 9.59 Å². The number of anilines is 1. The highest BCUT2D eigenvalue weighted by molar-refractivity contribution is 6.32. The molecule has 31 heavy (non-hydrogen) atoms. The van der Waals surface area contributed by atoms with Crippen LogP contribution in [0.4, 0.5) is 10.5 Å². The number of nitrogens with one attached hydrogen (secondary N) is 2. The number of hydrogen-bond acceptors (Lipinski definition) is 4. The minimum absolute atomic E-state index is 0.0248. The number of carbonyl (C=O) groups is 3. The van der Waals surface area contributed by atoms with Crippen LogP contribution in [-0.4, -0.2) is 35.4 Å². The van der Waals surface area contributed by atoms with Crippen molar-refractivity contribution in [3.63, 3.8) is 0 Å². The van der Waals surface area contributed by atoms with Gasteiger partial charge in [0.2, 0.25) is 5.91 Å². The van der Waals surface area contributed by atoms with Crippen LogP contribution in [0.1, 0.15) is 31.4 Å². The fourth-order valence-corrected chi connectivity index (χ4v) is 3.16. The lowest BCUT2D eigenvalue weighted by Crippen LogP contribution is -2.38. The average molecular weight is 442 g/mol. The van der Waals surface area contributed by atoms with Gasteiger partial charge in [0, 0.05) is 5.69 Å². The second-order valence-electron chi connectivity index (χ2n) is 7.27. The third kappa shape index (κ3) is 5.44. The van der Waals surface area contributed by atoms with E-state index in [1.54, 1.807) is 30.3 Å². The molecule has 1 fully saturated rings. The maximum atomic E-state index is 12.6. The van der Waals surface area contributed by atoms with E-state index in [9.17, 15) is 14.4 Å². The maximum Gasteiger partial charge on any atom is 0.329 e. The van der Waals surface area contributed by atoms with E-state index in [0.717, 1.165) is 16.9 Å². The van der Waals surface area contributed by atoms with Gasteiger partial charge in [0.1, 0.15) is 18.0 Å². The molecule has 8 heteroatoms. The number of nitrogens with zero attached hydrogens (tertiary/aromatic N) is 1. The predicted octanol–water partition coefficient (Wildman–Crippen LogP) is 4.36. The molecule has 162 valence electrons. The standard InChI is InChI=1S/C23H24ClN3O4/c1-4-15(3)31-20-10-9-16(11-17(20)24)12-19-22(29)27(23(30)26-19)13-21(28)25-18-8-6-5-7-14(18)2/h5-12,15H,4,13H2,1-3H3,(H,25,28)(H,26,30)/b19-12-. The molecule has 0 radical (unpaired) electrons. The van der Waals surface area contributed by atoms with Gasteiger partial charge in [-0.15, -0.1) is 0 Å². The quantitative estimate of drug-likeness (QED) is 0.493. The van der Waals surface area contributed by atoms with Crippen molar-refractivity contribution in [1.29, 1.82) is 0 Å². The zero-order valence-corrected chi connectivity index (χ0v) is 18.3. The first-order valence-corrected chi connectivity index (χ1v) is 10.3. The van der Waals surface area contributed by atoms with Crippen LogP contribution in [0.3, 0.4) is 0 Å². The largest absolute Gasteiger partial charge is 0.489 e. The molecule has 1 saturated heterocycles. The maximum absolute atomic E-state index is 12.6. The van der Waals surface area contributed by atoms with Crippen molar-refractivity contribution < 1.29 is 19.1 Å². The number of amides is 4. The summed E-state index contributed by atoms with van der Waals surface area (Å²) in [6.45, 7) is 5.43. The van der Waals surface area contributed by atoms with Crippen molar-refractivity contribution in [2.45, 2.75) is 33.3 Å². The number of urea groups is 1. The minimum Gasteiger partial charge on any atom is -0.489 e. The van der Waals surface area contributed by atoms with Gasteiger partial charge in [-0.25, -0.2) is 9.69 Å². The summed E-state index contributed by atoms with van der Waals surface area (Å²) in [5.74, 6) is -0.496. The van der Waals surface area contributed by atoms with E-state index in [1.165, 1.54) is 6.08 Å². The summed E-state index contributed by atoms with van der Waals surface area (Å²) in [6, 6.07) is 11.7. The number of benzene rings is 2. The van der Waals surface area contributed by atoms with Crippen LogP contribution in [0.25, 0.3) is 6.08 Å². The third-order valence-electron chi connectivity index (χ3n) is 4.85. The van der Waals surface area contributed by atoms with Crippen LogP contribution in [-0.2, 0) is 9.59 Å². The lowest BCUT2D eigenvalue weighted by molar-refractivity contribution is -0.127. The van der Waals surface area contributed by atoms with Crippen molar-refractivity contribution in [2.24, 2.45) is 0 Å². The molecule has 0 bridgehead atoms. The Balaban J connectivity index is 1.69. The van der Waals surface area contributed by atoms with Crippen molar-refractivity contribution in [1.82, 2.24) is 10.2 Å². The van der Waals surface area contributed by atoms with Crippen LogP contribution in [0, 0.1) is 6.92 Å². The molecule has 1 heterocycles. The zero-order valence-electron chi connectivity index (χ0n) is 17.6. The summed E-state index contributed by atoms with van der Waals surface area (Å²) in [5, 5.41) is 5.62. The number of carbonyl (C=O) groups excluding carboxylic acids is 3. The Labute approximate surface area is 186 Å². The molecule has 4 amide bonds. The fourth-order valence-electron chi connectivity index (χ4n) is 2.93. The summed E-state index contributed by atoms with van der Waals surface area (Å²) < 4.78 is 5.73. The highest BCUT2D eigenvalue weighted by Crippen LogP contribution is 2.28. The van der Waals surface area contributed by atoms with Gasteiger partial charge in [0.25, 0.3) is 5.91 Å². The van der Waals surface area contributed by atoms with Gasteiger partial charge in [-0.05, 0) is 55.7 Å². The van der Waals surface area contributed by atoms with E-state index in [1.807, 2.05) is 32.9 Å². The summed E-state index contributed by atoms with van der Waals surface area (Å²) in [6.07, 6.45) is 2.38. The Morgan fingerprint density at radius 2 is 2.00 bits per heavy atom. The Hall–Kier alpha value is -3.32. The second-order valence-corrected chi connectivity index (χ2v) is 7.68. The lowest BCUT2D eigenvalue weighted by Gasteiger charge is -2.14. The van der Waals surface area contributed by atoms with Gasteiger partial charge >= 0.3 is 6.03 Å². The first kappa shape index (κ1) is 22.4. The van der Waals surface area contributed by atoms with Crippen LogP contribution in [0.5, 0.6) is 5.75 Å². The molecule has 0 aromatic heterocycles. The number of imide groups is 1. The van der Waals surface area contributed by atoms with E-state index < -0.39 is 24.4 Å². The number of ether oxygens (including phenoxy) is 1. The first-order valence-electron chi connectivity index (χ1n) is 9.94. The Morgan fingerprint density at radius 1 is 1.26 bits per heavy atom. The minimum atomic E-state index is -0.654. The summed E-state index contributed by atoms with van der Waals surface area (Å²) in [7, 11) is 0. The monoisotopic (exact) mass is 441 g/mol. The Bertz CT molecular complexity index is 1050. The highest BCUT2D eigenvalue weighted by Gasteiger charge is 2.35. The first-order chi connectivity index (χ1) is 14.8. The molecule has 0 aliphatic carbocycles. The van der Waals surface area contributed by atoms with Gasteiger partial charge in [-0.2, -0.15) is 0 Å². The van der Waals surface area contributed by atoms with Crippen molar-refractivity contribution in [3.05, 3.63) is 64.3 Å². The summed E-state index contributed by atoms with van der Waals surface area (Å²) in [4.78, 5) is 38.1. The highest BCUT2D eigenvalue weighted by atomic mass is 35.5. The number of halogens is 1. The lowest BCUT2D eigenvalue weighted by atomic mass is 10.1. The third-order valence-corrected chi connectivity index (χ3v) is 5.15. The van der Waals surface area contributed by atoms with Crippen molar-refractivity contribution >= 4 is 41.2 Å². The van der Waals surface area contributed by atoms with E-state index in [2.05, 4.69) is 10.6 Å². The van der Waals surface area contributed by atoms with Gasteiger partial charge in [-0.1, -0.05) is 42.8 Å². The molecule has 2 aromatic carbocycles. The van der Waals surface area contributed by atoms with E-state index in [0.29, 0.717) is 22.0 Å². The van der Waals surface area contributed by atoms with Crippen LogP contribution >= 0.6 is 11.6 Å². The van der Waals surface area contributed by atoms with E-state index in [-0.39, 0.29) is 11.8 Å². The molecule has 3 rings (SSSR count). The molecule has 0 saturated carbocycles. The molecule has 1 unspecified atom stereocenters. The number of hydrogen-bond donors (Lipinski definition) is 2. The second kappa shape index (κ2) is 9.66.